The number of ether oxygens (including phenoxy) is 2. The van der Waals surface area contributed by atoms with Crippen LogP contribution in [0.3, 0.4) is 0 Å². The minimum Gasteiger partial charge on any atom is -0.462 e. The maximum atomic E-state index is 11.5. The van der Waals surface area contributed by atoms with Gasteiger partial charge >= 0.3 is 5.97 Å². The molecular formula is C11H21NO6. The van der Waals surface area contributed by atoms with Gasteiger partial charge in [0, 0.05) is 0 Å². The summed E-state index contributed by atoms with van der Waals surface area (Å²) in [4.78, 5) is 11.5. The van der Waals surface area contributed by atoms with E-state index in [4.69, 9.17) is 15.2 Å². The molecule has 1 saturated heterocycles. The second kappa shape index (κ2) is 5.50. The molecule has 0 bridgehead atoms. The van der Waals surface area contributed by atoms with Crippen molar-refractivity contribution >= 4 is 5.97 Å². The summed E-state index contributed by atoms with van der Waals surface area (Å²) in [5, 5.41) is 28.5. The van der Waals surface area contributed by atoms with Gasteiger partial charge in [-0.15, -0.1) is 0 Å². The quantitative estimate of drug-likeness (QED) is 0.440. The number of hydrogen-bond acceptors (Lipinski definition) is 7. The van der Waals surface area contributed by atoms with Gasteiger partial charge in [0.05, 0.1) is 5.41 Å². The predicted octanol–water partition coefficient (Wildman–Crippen LogP) is -1.66. The normalized spacial score (nSPS) is 37.4. The van der Waals surface area contributed by atoms with Crippen molar-refractivity contribution in [3.8, 4) is 0 Å². The molecular weight excluding hydrogens is 242 g/mol. The Labute approximate surface area is 105 Å². The maximum absolute atomic E-state index is 11.5. The summed E-state index contributed by atoms with van der Waals surface area (Å²) in [6, 6.07) is 0. The first-order chi connectivity index (χ1) is 8.14. The van der Waals surface area contributed by atoms with Crippen molar-refractivity contribution in [2.45, 2.75) is 51.4 Å². The number of nitrogens with two attached hydrogens (primary N) is 1. The van der Waals surface area contributed by atoms with E-state index >= 15 is 0 Å². The summed E-state index contributed by atoms with van der Waals surface area (Å²) < 4.78 is 10.1. The van der Waals surface area contributed by atoms with Crippen LogP contribution in [0.15, 0.2) is 0 Å². The Balaban J connectivity index is 2.55. The Morgan fingerprint density at radius 3 is 2.28 bits per heavy atom. The number of carbonyl (C=O) groups is 1. The lowest BCUT2D eigenvalue weighted by molar-refractivity contribution is -0.231. The third-order valence-corrected chi connectivity index (χ3v) is 2.74. The number of carbonyl (C=O) groups excluding carboxylic acids is 1. The van der Waals surface area contributed by atoms with Gasteiger partial charge in [0.25, 0.3) is 0 Å². The molecule has 0 aromatic rings. The molecule has 7 heteroatoms. The number of aliphatic hydroxyl groups excluding tert-OH is 3. The molecule has 1 aliphatic heterocycles. The zero-order chi connectivity index (χ0) is 14.1. The molecule has 0 unspecified atom stereocenters. The van der Waals surface area contributed by atoms with Gasteiger partial charge in [-0.25, -0.2) is 0 Å². The van der Waals surface area contributed by atoms with E-state index in [1.807, 2.05) is 0 Å². The molecule has 0 aromatic carbocycles. The number of hydrogen-bond donors (Lipinski definition) is 4. The van der Waals surface area contributed by atoms with E-state index in [9.17, 15) is 20.1 Å². The molecule has 1 rings (SSSR count). The lowest BCUT2D eigenvalue weighted by Gasteiger charge is -2.38. The van der Waals surface area contributed by atoms with E-state index in [0.717, 1.165) is 0 Å². The molecule has 18 heavy (non-hydrogen) atoms. The minimum atomic E-state index is -1.42. The number of esters is 1. The van der Waals surface area contributed by atoms with Crippen LogP contribution in [0.5, 0.6) is 0 Å². The van der Waals surface area contributed by atoms with E-state index in [-0.39, 0.29) is 6.61 Å². The van der Waals surface area contributed by atoms with E-state index in [1.54, 1.807) is 20.8 Å². The monoisotopic (exact) mass is 263 g/mol. The first-order valence-corrected chi connectivity index (χ1v) is 5.77. The molecule has 0 saturated carbocycles. The second-order valence-corrected chi connectivity index (χ2v) is 5.46. The van der Waals surface area contributed by atoms with Gasteiger partial charge in [-0.05, 0) is 20.8 Å². The second-order valence-electron chi connectivity index (χ2n) is 5.46. The molecule has 0 aliphatic carbocycles. The van der Waals surface area contributed by atoms with E-state index < -0.39 is 42.0 Å². The molecule has 106 valence electrons. The third kappa shape index (κ3) is 3.39. The van der Waals surface area contributed by atoms with Crippen LogP contribution in [0.4, 0.5) is 0 Å². The molecule has 7 nitrogen and oxygen atoms in total. The van der Waals surface area contributed by atoms with Crippen LogP contribution >= 0.6 is 0 Å². The van der Waals surface area contributed by atoms with Crippen LogP contribution in [0.25, 0.3) is 0 Å². The van der Waals surface area contributed by atoms with Gasteiger partial charge in [0.2, 0.25) is 0 Å². The first-order valence-electron chi connectivity index (χ1n) is 5.77. The molecule has 0 radical (unpaired) electrons. The summed E-state index contributed by atoms with van der Waals surface area (Å²) in [5.74, 6) is -0.451. The van der Waals surface area contributed by atoms with E-state index in [1.165, 1.54) is 0 Å². The average Bonchev–Trinajstić information content (AvgIpc) is 2.27. The molecule has 1 fully saturated rings. The smallest absolute Gasteiger partial charge is 0.311 e. The van der Waals surface area contributed by atoms with E-state index in [0.29, 0.717) is 0 Å². The summed E-state index contributed by atoms with van der Waals surface area (Å²) >= 11 is 0. The van der Waals surface area contributed by atoms with E-state index in [2.05, 4.69) is 0 Å². The summed E-state index contributed by atoms with van der Waals surface area (Å²) in [7, 11) is 0. The SMILES string of the molecule is CC(C)(C)C(=O)OC[C@H]1O[C@@H](N)[C@H](O)[C@@H](O)[C@H]1O. The summed E-state index contributed by atoms with van der Waals surface area (Å²) in [6.45, 7) is 4.85. The topological polar surface area (TPSA) is 122 Å². The fraction of sp³-hybridized carbons (Fsp3) is 0.909. The minimum absolute atomic E-state index is 0.227. The van der Waals surface area contributed by atoms with Crippen molar-refractivity contribution in [3.05, 3.63) is 0 Å². The summed E-state index contributed by atoms with van der Waals surface area (Å²) in [6.07, 6.45) is -6.22. The van der Waals surface area contributed by atoms with Crippen molar-refractivity contribution in [2.75, 3.05) is 6.61 Å². The Hall–Kier alpha value is -0.730. The van der Waals surface area contributed by atoms with Crippen LogP contribution in [-0.4, -0.2) is 58.5 Å². The standard InChI is InChI=1S/C11H21NO6/c1-11(2,3)10(16)17-4-5-6(13)7(14)8(15)9(12)18-5/h5-9,13-15H,4,12H2,1-3H3/t5-,6+,7+,8-,9-/m1/s1. The molecule has 5 N–H and O–H groups in total. The van der Waals surface area contributed by atoms with Gasteiger partial charge in [-0.2, -0.15) is 0 Å². The highest BCUT2D eigenvalue weighted by Crippen LogP contribution is 2.21. The Bertz CT molecular complexity index is 302. The molecule has 5 atom stereocenters. The predicted molar refractivity (Wildman–Crippen MR) is 61.3 cm³/mol. The maximum Gasteiger partial charge on any atom is 0.311 e. The highest BCUT2D eigenvalue weighted by Gasteiger charge is 2.42. The number of rotatable bonds is 2. The fourth-order valence-electron chi connectivity index (χ4n) is 1.49. The highest BCUT2D eigenvalue weighted by molar-refractivity contribution is 5.75. The third-order valence-electron chi connectivity index (χ3n) is 2.74. The lowest BCUT2D eigenvalue weighted by atomic mass is 9.97. The van der Waals surface area contributed by atoms with Crippen molar-refractivity contribution in [2.24, 2.45) is 11.1 Å². The van der Waals surface area contributed by atoms with Gasteiger partial charge in [-0.3, -0.25) is 4.79 Å². The summed E-state index contributed by atoms with van der Waals surface area (Å²) in [5.41, 5.74) is 4.76. The lowest BCUT2D eigenvalue weighted by Crippen LogP contribution is -2.61. The van der Waals surface area contributed by atoms with Crippen LogP contribution in [0, 0.1) is 5.41 Å². The molecule has 0 spiro atoms. The van der Waals surface area contributed by atoms with Crippen LogP contribution in [0.1, 0.15) is 20.8 Å². The van der Waals surface area contributed by atoms with Crippen molar-refractivity contribution in [1.29, 1.82) is 0 Å². The van der Waals surface area contributed by atoms with Gasteiger partial charge in [-0.1, -0.05) is 0 Å². The largest absolute Gasteiger partial charge is 0.462 e. The van der Waals surface area contributed by atoms with Crippen molar-refractivity contribution in [3.63, 3.8) is 0 Å². The molecule has 1 aliphatic rings. The Morgan fingerprint density at radius 1 is 1.22 bits per heavy atom. The van der Waals surface area contributed by atoms with Crippen molar-refractivity contribution < 1.29 is 29.6 Å². The van der Waals surface area contributed by atoms with Gasteiger partial charge < -0.3 is 30.5 Å². The zero-order valence-corrected chi connectivity index (χ0v) is 10.7. The van der Waals surface area contributed by atoms with Crippen LogP contribution in [-0.2, 0) is 14.3 Å². The average molecular weight is 263 g/mol. The Kier molecular flexibility index (Phi) is 4.68. The van der Waals surface area contributed by atoms with Gasteiger partial charge in [0.15, 0.2) is 0 Å². The zero-order valence-electron chi connectivity index (χ0n) is 10.7. The molecule has 1 heterocycles. The number of aliphatic hydroxyl groups is 3. The Morgan fingerprint density at radius 2 is 1.78 bits per heavy atom. The van der Waals surface area contributed by atoms with Crippen molar-refractivity contribution in [1.82, 2.24) is 0 Å². The fourth-order valence-corrected chi connectivity index (χ4v) is 1.49. The highest BCUT2D eigenvalue weighted by atomic mass is 16.6. The van der Waals surface area contributed by atoms with Crippen LogP contribution in [0.2, 0.25) is 0 Å². The first kappa shape index (κ1) is 15.3. The van der Waals surface area contributed by atoms with Gasteiger partial charge in [0.1, 0.15) is 37.3 Å². The molecule has 0 aromatic heterocycles. The molecule has 0 amide bonds. The van der Waals surface area contributed by atoms with Crippen LogP contribution < -0.4 is 5.73 Å².